The van der Waals surface area contributed by atoms with Crippen LogP contribution in [0.4, 0.5) is 4.39 Å². The molecule has 0 N–H and O–H groups in total. The Morgan fingerprint density at radius 2 is 2.18 bits per heavy atom. The molecule has 0 aromatic heterocycles. The van der Waals surface area contributed by atoms with Gasteiger partial charge in [0.15, 0.2) is 0 Å². The SMILES string of the molecule is CS(=O)(=O)N1CCC[C@@H](F)C1. The van der Waals surface area contributed by atoms with Crippen LogP contribution < -0.4 is 0 Å². The molecular weight excluding hydrogens is 169 g/mol. The van der Waals surface area contributed by atoms with Crippen molar-refractivity contribution in [2.24, 2.45) is 0 Å². The maximum atomic E-state index is 12.7. The zero-order chi connectivity index (χ0) is 8.48. The van der Waals surface area contributed by atoms with Crippen molar-refractivity contribution < 1.29 is 12.8 Å². The lowest BCUT2D eigenvalue weighted by molar-refractivity contribution is 0.203. The molecule has 1 rings (SSSR count). The van der Waals surface area contributed by atoms with Gasteiger partial charge in [-0.15, -0.1) is 0 Å². The average molecular weight is 181 g/mol. The minimum absolute atomic E-state index is 0.0405. The first-order chi connectivity index (χ1) is 5.00. The Kier molecular flexibility index (Phi) is 2.49. The third-order valence-corrected chi connectivity index (χ3v) is 3.07. The monoisotopic (exact) mass is 181 g/mol. The number of sulfonamides is 1. The van der Waals surface area contributed by atoms with Gasteiger partial charge in [0, 0.05) is 13.1 Å². The quantitative estimate of drug-likeness (QED) is 0.586. The van der Waals surface area contributed by atoms with Crippen LogP contribution in [-0.4, -0.2) is 38.2 Å². The Labute approximate surface area is 66.2 Å². The van der Waals surface area contributed by atoms with Crippen LogP contribution in [-0.2, 0) is 10.0 Å². The van der Waals surface area contributed by atoms with Gasteiger partial charge in [0.25, 0.3) is 0 Å². The maximum Gasteiger partial charge on any atom is 0.211 e. The molecule has 1 aliphatic rings. The Hall–Kier alpha value is -0.160. The van der Waals surface area contributed by atoms with Gasteiger partial charge >= 0.3 is 0 Å². The molecule has 0 amide bonds. The molecule has 1 saturated heterocycles. The van der Waals surface area contributed by atoms with Crippen LogP contribution in [0.25, 0.3) is 0 Å². The summed E-state index contributed by atoms with van der Waals surface area (Å²) in [4.78, 5) is 0. The van der Waals surface area contributed by atoms with Crippen LogP contribution in [0, 0.1) is 0 Å². The minimum atomic E-state index is -3.17. The molecule has 11 heavy (non-hydrogen) atoms. The fourth-order valence-electron chi connectivity index (χ4n) is 1.19. The van der Waals surface area contributed by atoms with E-state index in [0.29, 0.717) is 19.4 Å². The predicted molar refractivity (Wildman–Crippen MR) is 40.5 cm³/mol. The van der Waals surface area contributed by atoms with Crippen LogP contribution in [0.3, 0.4) is 0 Å². The molecule has 0 saturated carbocycles. The summed E-state index contributed by atoms with van der Waals surface area (Å²) in [6.45, 7) is 0.512. The molecule has 0 unspecified atom stereocenters. The Balaban J connectivity index is 2.60. The number of nitrogens with zero attached hydrogens (tertiary/aromatic N) is 1. The van der Waals surface area contributed by atoms with E-state index in [0.717, 1.165) is 6.26 Å². The second kappa shape index (κ2) is 3.06. The summed E-state index contributed by atoms with van der Waals surface area (Å²) in [5.41, 5.74) is 0. The van der Waals surface area contributed by atoms with Crippen molar-refractivity contribution in [1.29, 1.82) is 0 Å². The number of hydrogen-bond acceptors (Lipinski definition) is 2. The molecule has 0 aromatic carbocycles. The predicted octanol–water partition coefficient (Wildman–Crippen LogP) is 0.380. The van der Waals surface area contributed by atoms with E-state index in [-0.39, 0.29) is 6.54 Å². The van der Waals surface area contributed by atoms with E-state index in [9.17, 15) is 12.8 Å². The molecule has 0 aromatic rings. The van der Waals surface area contributed by atoms with Gasteiger partial charge in [0.05, 0.1) is 6.26 Å². The van der Waals surface area contributed by atoms with Crippen molar-refractivity contribution in [3.8, 4) is 0 Å². The van der Waals surface area contributed by atoms with Gasteiger partial charge in [-0.1, -0.05) is 0 Å². The summed E-state index contributed by atoms with van der Waals surface area (Å²) >= 11 is 0. The molecule has 0 aliphatic carbocycles. The zero-order valence-corrected chi connectivity index (χ0v) is 7.27. The van der Waals surface area contributed by atoms with Crippen molar-refractivity contribution in [2.75, 3.05) is 19.3 Å². The molecule has 0 bridgehead atoms. The Morgan fingerprint density at radius 1 is 1.55 bits per heavy atom. The highest BCUT2D eigenvalue weighted by Crippen LogP contribution is 2.14. The molecular formula is C6H12FNO2S. The molecule has 0 spiro atoms. The first-order valence-electron chi connectivity index (χ1n) is 3.59. The van der Waals surface area contributed by atoms with E-state index in [1.54, 1.807) is 0 Å². The van der Waals surface area contributed by atoms with Crippen LogP contribution in [0.15, 0.2) is 0 Å². The lowest BCUT2D eigenvalue weighted by Crippen LogP contribution is -2.39. The fourth-order valence-corrected chi connectivity index (χ4v) is 2.09. The molecule has 1 aliphatic heterocycles. The highest BCUT2D eigenvalue weighted by molar-refractivity contribution is 7.88. The van der Waals surface area contributed by atoms with Crippen molar-refractivity contribution in [3.63, 3.8) is 0 Å². The zero-order valence-electron chi connectivity index (χ0n) is 6.46. The molecule has 5 heteroatoms. The third-order valence-electron chi connectivity index (χ3n) is 1.80. The fraction of sp³-hybridized carbons (Fsp3) is 1.00. The highest BCUT2D eigenvalue weighted by atomic mass is 32.2. The van der Waals surface area contributed by atoms with Gasteiger partial charge in [0.2, 0.25) is 10.0 Å². The van der Waals surface area contributed by atoms with Gasteiger partial charge in [-0.2, -0.15) is 4.31 Å². The standard InChI is InChI=1S/C6H12FNO2S/c1-11(9,10)8-4-2-3-6(7)5-8/h6H,2-5H2,1H3/t6-/m1/s1. The lowest BCUT2D eigenvalue weighted by atomic mass is 10.1. The first kappa shape index (κ1) is 8.93. The smallest absolute Gasteiger partial charge is 0.211 e. The van der Waals surface area contributed by atoms with E-state index in [1.807, 2.05) is 0 Å². The van der Waals surface area contributed by atoms with Crippen molar-refractivity contribution in [2.45, 2.75) is 19.0 Å². The summed E-state index contributed by atoms with van der Waals surface area (Å²) in [5, 5.41) is 0. The minimum Gasteiger partial charge on any atom is -0.246 e. The van der Waals surface area contributed by atoms with E-state index in [2.05, 4.69) is 0 Å². The van der Waals surface area contributed by atoms with Crippen LogP contribution in [0.1, 0.15) is 12.8 Å². The molecule has 1 atom stereocenters. The summed E-state index contributed by atoms with van der Waals surface area (Å²) < 4.78 is 35.6. The topological polar surface area (TPSA) is 37.4 Å². The van der Waals surface area contributed by atoms with Crippen molar-refractivity contribution >= 4 is 10.0 Å². The lowest BCUT2D eigenvalue weighted by Gasteiger charge is -2.26. The Bertz CT molecular complexity index is 227. The van der Waals surface area contributed by atoms with Gasteiger partial charge in [-0.25, -0.2) is 12.8 Å². The van der Waals surface area contributed by atoms with Crippen molar-refractivity contribution in [3.05, 3.63) is 0 Å². The first-order valence-corrected chi connectivity index (χ1v) is 5.44. The van der Waals surface area contributed by atoms with Gasteiger partial charge < -0.3 is 0 Å². The molecule has 3 nitrogen and oxygen atoms in total. The second-order valence-corrected chi connectivity index (χ2v) is 4.84. The summed E-state index contributed by atoms with van der Waals surface area (Å²) in [6, 6.07) is 0. The number of hydrogen-bond donors (Lipinski definition) is 0. The number of alkyl halides is 1. The van der Waals surface area contributed by atoms with Crippen LogP contribution >= 0.6 is 0 Å². The van der Waals surface area contributed by atoms with Gasteiger partial charge in [0.1, 0.15) is 6.17 Å². The van der Waals surface area contributed by atoms with E-state index in [4.69, 9.17) is 0 Å². The summed E-state index contributed by atoms with van der Waals surface area (Å²) in [7, 11) is -3.17. The summed E-state index contributed by atoms with van der Waals surface area (Å²) in [6.07, 6.45) is 1.27. The molecule has 66 valence electrons. The summed E-state index contributed by atoms with van der Waals surface area (Å²) in [5.74, 6) is 0. The highest BCUT2D eigenvalue weighted by Gasteiger charge is 2.25. The largest absolute Gasteiger partial charge is 0.246 e. The normalized spacial score (nSPS) is 28.7. The average Bonchev–Trinajstić information content (AvgIpc) is 1.86. The van der Waals surface area contributed by atoms with Gasteiger partial charge in [-0.3, -0.25) is 0 Å². The third kappa shape index (κ3) is 2.41. The van der Waals surface area contributed by atoms with E-state index >= 15 is 0 Å². The second-order valence-electron chi connectivity index (χ2n) is 2.86. The maximum absolute atomic E-state index is 12.7. The van der Waals surface area contributed by atoms with E-state index in [1.165, 1.54) is 4.31 Å². The Morgan fingerprint density at radius 3 is 2.55 bits per heavy atom. The molecule has 0 radical (unpaired) electrons. The molecule has 1 heterocycles. The van der Waals surface area contributed by atoms with Crippen LogP contribution in [0.2, 0.25) is 0 Å². The number of piperidine rings is 1. The van der Waals surface area contributed by atoms with Crippen LogP contribution in [0.5, 0.6) is 0 Å². The number of rotatable bonds is 1. The number of halogens is 1. The van der Waals surface area contributed by atoms with Gasteiger partial charge in [-0.05, 0) is 12.8 Å². The van der Waals surface area contributed by atoms with E-state index < -0.39 is 16.2 Å². The van der Waals surface area contributed by atoms with Crippen molar-refractivity contribution in [1.82, 2.24) is 4.31 Å². The molecule has 1 fully saturated rings.